The van der Waals surface area contributed by atoms with Gasteiger partial charge < -0.3 is 33.2 Å². The molecule has 0 aromatic carbocycles. The molecule has 0 saturated carbocycles. The van der Waals surface area contributed by atoms with Crippen molar-refractivity contribution in [1.29, 1.82) is 0 Å². The van der Waals surface area contributed by atoms with Crippen molar-refractivity contribution in [1.82, 2.24) is 0 Å². The van der Waals surface area contributed by atoms with Gasteiger partial charge in [-0.2, -0.15) is 0 Å². The molecule has 0 aliphatic rings. The first kappa shape index (κ1) is 30.7. The van der Waals surface area contributed by atoms with E-state index in [1.807, 2.05) is 20.8 Å². The van der Waals surface area contributed by atoms with Crippen LogP contribution in [0.1, 0.15) is 59.8 Å². The maximum atomic E-state index is 11.5. The molecule has 0 spiro atoms. The summed E-state index contributed by atoms with van der Waals surface area (Å²) in [6.07, 6.45) is 3.73. The third kappa shape index (κ3) is 25.0. The highest BCUT2D eigenvalue weighted by Gasteiger charge is 2.15. The summed E-state index contributed by atoms with van der Waals surface area (Å²) in [7, 11) is 0. The summed E-state index contributed by atoms with van der Waals surface area (Å²) in [5.74, 6) is -0.426. The van der Waals surface area contributed by atoms with Crippen molar-refractivity contribution in [3.05, 3.63) is 0 Å². The van der Waals surface area contributed by atoms with Crippen LogP contribution in [0.5, 0.6) is 0 Å². The second-order valence-corrected chi connectivity index (χ2v) is 8.08. The van der Waals surface area contributed by atoms with Gasteiger partial charge in [-0.05, 0) is 27.2 Å². The second kappa shape index (κ2) is 21.6. The SMILES string of the molecule is CCCCCC(=O)OCCOCCOCCOCCOCCOCCC(=O)OC(C)(C)C. The van der Waals surface area contributed by atoms with E-state index in [0.29, 0.717) is 72.5 Å². The van der Waals surface area contributed by atoms with Crippen LogP contribution in [0.4, 0.5) is 0 Å². The van der Waals surface area contributed by atoms with Gasteiger partial charge in [-0.25, -0.2) is 0 Å². The Bertz CT molecular complexity index is 449. The molecule has 0 radical (unpaired) electrons. The van der Waals surface area contributed by atoms with Crippen LogP contribution in [0.15, 0.2) is 0 Å². The monoisotopic (exact) mass is 464 g/mol. The van der Waals surface area contributed by atoms with E-state index in [1.165, 1.54) is 0 Å². The Morgan fingerprint density at radius 3 is 1.44 bits per heavy atom. The highest BCUT2D eigenvalue weighted by Crippen LogP contribution is 2.08. The summed E-state index contributed by atoms with van der Waals surface area (Å²) >= 11 is 0. The molecule has 0 bridgehead atoms. The van der Waals surface area contributed by atoms with Crippen molar-refractivity contribution < 1.29 is 42.7 Å². The molecule has 0 saturated heterocycles. The standard InChI is InChI=1S/C23H44O9/c1-5-6-7-8-21(24)31-20-19-30-18-17-29-16-15-28-14-13-27-12-11-26-10-9-22(25)32-23(2,3)4/h5-20H2,1-4H3. The fourth-order valence-electron chi connectivity index (χ4n) is 2.34. The molecule has 0 amide bonds. The molecule has 0 atom stereocenters. The van der Waals surface area contributed by atoms with Crippen LogP contribution in [-0.2, 0) is 42.7 Å². The van der Waals surface area contributed by atoms with Crippen molar-refractivity contribution in [2.75, 3.05) is 72.7 Å². The third-order valence-corrected chi connectivity index (χ3v) is 3.83. The number of carbonyl (C=O) groups is 2. The Balaban J connectivity index is 3.18. The van der Waals surface area contributed by atoms with Crippen molar-refractivity contribution in [3.8, 4) is 0 Å². The maximum absolute atomic E-state index is 11.5. The van der Waals surface area contributed by atoms with Gasteiger partial charge in [0.15, 0.2) is 0 Å². The zero-order chi connectivity index (χ0) is 23.9. The van der Waals surface area contributed by atoms with Crippen molar-refractivity contribution in [2.24, 2.45) is 0 Å². The Hall–Kier alpha value is -1.26. The van der Waals surface area contributed by atoms with Crippen LogP contribution >= 0.6 is 0 Å². The van der Waals surface area contributed by atoms with Crippen LogP contribution in [0.25, 0.3) is 0 Å². The van der Waals surface area contributed by atoms with E-state index < -0.39 is 5.60 Å². The van der Waals surface area contributed by atoms with Gasteiger partial charge in [0.1, 0.15) is 12.2 Å². The first-order valence-electron chi connectivity index (χ1n) is 11.6. The van der Waals surface area contributed by atoms with Crippen LogP contribution < -0.4 is 0 Å². The number of hydrogen-bond acceptors (Lipinski definition) is 9. The van der Waals surface area contributed by atoms with Gasteiger partial charge in [-0.3, -0.25) is 9.59 Å². The number of ether oxygens (including phenoxy) is 7. The highest BCUT2D eigenvalue weighted by atomic mass is 16.6. The van der Waals surface area contributed by atoms with E-state index in [4.69, 9.17) is 33.2 Å². The van der Waals surface area contributed by atoms with Gasteiger partial charge in [0.25, 0.3) is 0 Å². The summed E-state index contributed by atoms with van der Waals surface area (Å²) in [4.78, 5) is 22.9. The highest BCUT2D eigenvalue weighted by molar-refractivity contribution is 5.70. The van der Waals surface area contributed by atoms with Crippen LogP contribution in [0.2, 0.25) is 0 Å². The average Bonchev–Trinajstić information content (AvgIpc) is 2.71. The topological polar surface area (TPSA) is 98.8 Å². The lowest BCUT2D eigenvalue weighted by atomic mass is 10.2. The van der Waals surface area contributed by atoms with Gasteiger partial charge in [0, 0.05) is 6.42 Å². The quantitative estimate of drug-likeness (QED) is 0.177. The molecule has 190 valence electrons. The van der Waals surface area contributed by atoms with E-state index >= 15 is 0 Å². The summed E-state index contributed by atoms with van der Waals surface area (Å²) in [6, 6.07) is 0. The lowest BCUT2D eigenvalue weighted by molar-refractivity contribution is -0.156. The smallest absolute Gasteiger partial charge is 0.308 e. The fraction of sp³-hybridized carbons (Fsp3) is 0.913. The Labute approximate surface area is 193 Å². The summed E-state index contributed by atoms with van der Waals surface area (Å²) in [6.45, 7) is 12.3. The van der Waals surface area contributed by atoms with Crippen molar-refractivity contribution in [2.45, 2.75) is 65.4 Å². The zero-order valence-electron chi connectivity index (χ0n) is 20.5. The molecular weight excluding hydrogens is 420 g/mol. The van der Waals surface area contributed by atoms with E-state index in [0.717, 1.165) is 19.3 Å². The fourth-order valence-corrected chi connectivity index (χ4v) is 2.34. The van der Waals surface area contributed by atoms with Crippen LogP contribution in [0.3, 0.4) is 0 Å². The minimum Gasteiger partial charge on any atom is -0.463 e. The molecule has 9 heteroatoms. The minimum atomic E-state index is -0.468. The second-order valence-electron chi connectivity index (χ2n) is 8.08. The normalized spacial score (nSPS) is 11.5. The first-order valence-corrected chi connectivity index (χ1v) is 11.6. The predicted octanol–water partition coefficient (Wildman–Crippen LogP) is 2.92. The van der Waals surface area contributed by atoms with Crippen molar-refractivity contribution >= 4 is 11.9 Å². The molecule has 32 heavy (non-hydrogen) atoms. The van der Waals surface area contributed by atoms with E-state index in [2.05, 4.69) is 6.92 Å². The number of hydrogen-bond donors (Lipinski definition) is 0. The molecule has 0 unspecified atom stereocenters. The summed E-state index contributed by atoms with van der Waals surface area (Å²) < 4.78 is 37.1. The predicted molar refractivity (Wildman–Crippen MR) is 120 cm³/mol. The van der Waals surface area contributed by atoms with Gasteiger partial charge >= 0.3 is 11.9 Å². The molecule has 0 aliphatic heterocycles. The molecule has 0 heterocycles. The van der Waals surface area contributed by atoms with E-state index in [9.17, 15) is 9.59 Å². The lowest BCUT2D eigenvalue weighted by Gasteiger charge is -2.19. The number of unbranched alkanes of at least 4 members (excludes halogenated alkanes) is 2. The molecule has 0 aliphatic carbocycles. The Morgan fingerprint density at radius 2 is 1.00 bits per heavy atom. The van der Waals surface area contributed by atoms with Gasteiger partial charge in [-0.15, -0.1) is 0 Å². The molecule has 0 N–H and O–H groups in total. The van der Waals surface area contributed by atoms with Crippen molar-refractivity contribution in [3.63, 3.8) is 0 Å². The average molecular weight is 465 g/mol. The Morgan fingerprint density at radius 1 is 0.562 bits per heavy atom. The van der Waals surface area contributed by atoms with Crippen LogP contribution in [-0.4, -0.2) is 90.2 Å². The first-order chi connectivity index (χ1) is 15.3. The van der Waals surface area contributed by atoms with E-state index in [-0.39, 0.29) is 25.0 Å². The van der Waals surface area contributed by atoms with Crippen LogP contribution in [0, 0.1) is 0 Å². The largest absolute Gasteiger partial charge is 0.463 e. The molecule has 0 rings (SSSR count). The molecular formula is C23H44O9. The number of rotatable bonds is 22. The molecule has 0 aromatic heterocycles. The number of carbonyl (C=O) groups excluding carboxylic acids is 2. The van der Waals surface area contributed by atoms with Gasteiger partial charge in [-0.1, -0.05) is 19.8 Å². The third-order valence-electron chi connectivity index (χ3n) is 3.83. The maximum Gasteiger partial charge on any atom is 0.308 e. The lowest BCUT2D eigenvalue weighted by Crippen LogP contribution is -2.24. The zero-order valence-corrected chi connectivity index (χ0v) is 20.5. The summed E-state index contributed by atoms with van der Waals surface area (Å²) in [5, 5.41) is 0. The number of esters is 2. The van der Waals surface area contributed by atoms with Gasteiger partial charge in [0.05, 0.1) is 72.5 Å². The van der Waals surface area contributed by atoms with Gasteiger partial charge in [0.2, 0.25) is 0 Å². The Kier molecular flexibility index (Phi) is 20.7. The van der Waals surface area contributed by atoms with E-state index in [1.54, 1.807) is 0 Å². The molecule has 0 fully saturated rings. The molecule has 9 nitrogen and oxygen atoms in total. The summed E-state index contributed by atoms with van der Waals surface area (Å²) in [5.41, 5.74) is -0.468. The molecule has 0 aromatic rings. The minimum absolute atomic E-state index is 0.162.